The van der Waals surface area contributed by atoms with Crippen molar-refractivity contribution < 1.29 is 9.53 Å². The first kappa shape index (κ1) is 19.6. The molecule has 0 bridgehead atoms. The number of nitrogens with zero attached hydrogens (tertiary/aromatic N) is 1. The maximum Gasteiger partial charge on any atom is 0.230 e. The van der Waals surface area contributed by atoms with Gasteiger partial charge in [0.25, 0.3) is 0 Å². The lowest BCUT2D eigenvalue weighted by Gasteiger charge is -2.26. The summed E-state index contributed by atoms with van der Waals surface area (Å²) in [5.74, 6) is 1.51. The third kappa shape index (κ3) is 5.92. The Hall–Kier alpha value is -1.20. The Kier molecular flexibility index (Phi) is 7.69. The summed E-state index contributed by atoms with van der Waals surface area (Å²) in [6.07, 6.45) is 9.31. The Morgan fingerprint density at radius 1 is 1.15 bits per heavy atom. The molecule has 2 aliphatic rings. The predicted molar refractivity (Wildman–Crippen MR) is 108 cm³/mol. The largest absolute Gasteiger partial charge is 0.494 e. The van der Waals surface area contributed by atoms with Crippen molar-refractivity contribution >= 4 is 17.7 Å². The minimum atomic E-state index is 0.150. The van der Waals surface area contributed by atoms with Gasteiger partial charge in [-0.05, 0) is 50.5 Å². The van der Waals surface area contributed by atoms with Crippen molar-refractivity contribution in [2.45, 2.75) is 68.8 Å². The van der Waals surface area contributed by atoms with Gasteiger partial charge in [-0.15, -0.1) is 11.8 Å². The molecule has 1 saturated heterocycles. The number of thioether (sulfide) groups is 1. The summed E-state index contributed by atoms with van der Waals surface area (Å²) in [4.78, 5) is 16.0. The quantitative estimate of drug-likeness (QED) is 0.575. The standard InChI is InChI=1S/C21H32N2O2S/c1-2-25-19-9-11-20(12-10-19)26-16-21(24)22-17-13-14-23(15-17)18-7-5-3-4-6-8-18/h9-12,17-18H,2-8,13-16H2,1H3,(H,22,24). The normalized spacial score (nSPS) is 22.1. The minimum absolute atomic E-state index is 0.150. The third-order valence-corrected chi connectivity index (χ3v) is 6.44. The lowest BCUT2D eigenvalue weighted by molar-refractivity contribution is -0.119. The molecule has 1 N–H and O–H groups in total. The van der Waals surface area contributed by atoms with Gasteiger partial charge in [-0.3, -0.25) is 9.69 Å². The summed E-state index contributed by atoms with van der Waals surface area (Å²) < 4.78 is 5.45. The second-order valence-corrected chi connectivity index (χ2v) is 8.44. The van der Waals surface area contributed by atoms with E-state index in [9.17, 15) is 4.79 Å². The smallest absolute Gasteiger partial charge is 0.230 e. The zero-order valence-corrected chi connectivity index (χ0v) is 16.7. The molecule has 1 unspecified atom stereocenters. The summed E-state index contributed by atoms with van der Waals surface area (Å²) in [7, 11) is 0. The van der Waals surface area contributed by atoms with E-state index in [1.807, 2.05) is 31.2 Å². The van der Waals surface area contributed by atoms with Crippen molar-refractivity contribution in [3.63, 3.8) is 0 Å². The molecule has 1 heterocycles. The highest BCUT2D eigenvalue weighted by molar-refractivity contribution is 8.00. The van der Waals surface area contributed by atoms with E-state index in [-0.39, 0.29) is 5.91 Å². The zero-order valence-electron chi connectivity index (χ0n) is 15.9. The molecular formula is C21H32N2O2S. The molecule has 1 aromatic rings. The zero-order chi connectivity index (χ0) is 18.2. The molecule has 0 spiro atoms. The summed E-state index contributed by atoms with van der Waals surface area (Å²) >= 11 is 1.59. The van der Waals surface area contributed by atoms with Crippen molar-refractivity contribution in [2.24, 2.45) is 0 Å². The van der Waals surface area contributed by atoms with Gasteiger partial charge in [0.2, 0.25) is 5.91 Å². The third-order valence-electron chi connectivity index (χ3n) is 5.43. The van der Waals surface area contributed by atoms with Gasteiger partial charge in [0.1, 0.15) is 5.75 Å². The number of likely N-dealkylation sites (tertiary alicyclic amines) is 1. The van der Waals surface area contributed by atoms with Gasteiger partial charge in [-0.25, -0.2) is 0 Å². The molecule has 26 heavy (non-hydrogen) atoms. The van der Waals surface area contributed by atoms with Crippen LogP contribution < -0.4 is 10.1 Å². The van der Waals surface area contributed by atoms with Gasteiger partial charge >= 0.3 is 0 Å². The van der Waals surface area contributed by atoms with Gasteiger partial charge in [0.05, 0.1) is 12.4 Å². The highest BCUT2D eigenvalue weighted by Gasteiger charge is 2.29. The SMILES string of the molecule is CCOc1ccc(SCC(=O)NC2CCN(C3CCCCCC3)C2)cc1. The van der Waals surface area contributed by atoms with Crippen molar-refractivity contribution in [1.82, 2.24) is 10.2 Å². The lowest BCUT2D eigenvalue weighted by atomic mass is 10.1. The van der Waals surface area contributed by atoms with Crippen LogP contribution in [0.2, 0.25) is 0 Å². The van der Waals surface area contributed by atoms with Crippen molar-refractivity contribution in [2.75, 3.05) is 25.4 Å². The summed E-state index contributed by atoms with van der Waals surface area (Å²) in [6, 6.07) is 9.04. The maximum absolute atomic E-state index is 12.3. The molecule has 1 aliphatic heterocycles. The maximum atomic E-state index is 12.3. The summed E-state index contributed by atoms with van der Waals surface area (Å²) in [6.45, 7) is 4.83. The molecular weight excluding hydrogens is 344 g/mol. The molecule has 4 nitrogen and oxygen atoms in total. The number of hydrogen-bond donors (Lipinski definition) is 1. The van der Waals surface area contributed by atoms with E-state index >= 15 is 0 Å². The number of amides is 1. The molecule has 5 heteroatoms. The number of carbonyl (C=O) groups is 1. The van der Waals surface area contributed by atoms with E-state index in [1.165, 1.54) is 38.5 Å². The van der Waals surface area contributed by atoms with E-state index < -0.39 is 0 Å². The fraction of sp³-hybridized carbons (Fsp3) is 0.667. The highest BCUT2D eigenvalue weighted by atomic mass is 32.2. The van der Waals surface area contributed by atoms with Crippen LogP contribution in [-0.2, 0) is 4.79 Å². The highest BCUT2D eigenvalue weighted by Crippen LogP contribution is 2.25. The Morgan fingerprint density at radius 3 is 2.58 bits per heavy atom. The molecule has 1 aromatic carbocycles. The van der Waals surface area contributed by atoms with Crippen molar-refractivity contribution in [3.05, 3.63) is 24.3 Å². The van der Waals surface area contributed by atoms with Crippen LogP contribution in [0.4, 0.5) is 0 Å². The first-order chi connectivity index (χ1) is 12.7. The molecule has 0 aromatic heterocycles. The minimum Gasteiger partial charge on any atom is -0.494 e. The van der Waals surface area contributed by atoms with Gasteiger partial charge in [0.15, 0.2) is 0 Å². The van der Waals surface area contributed by atoms with Gasteiger partial charge < -0.3 is 10.1 Å². The molecule has 0 radical (unpaired) electrons. The molecule has 1 atom stereocenters. The Balaban J connectivity index is 1.38. The van der Waals surface area contributed by atoms with Crippen molar-refractivity contribution in [3.8, 4) is 5.75 Å². The topological polar surface area (TPSA) is 41.6 Å². The molecule has 1 amide bonds. The molecule has 3 rings (SSSR count). The summed E-state index contributed by atoms with van der Waals surface area (Å²) in [5.41, 5.74) is 0. The Morgan fingerprint density at radius 2 is 1.88 bits per heavy atom. The average molecular weight is 377 g/mol. The van der Waals surface area contributed by atoms with Gasteiger partial charge in [0, 0.05) is 30.1 Å². The van der Waals surface area contributed by atoms with Crippen LogP contribution in [0.5, 0.6) is 5.75 Å². The number of hydrogen-bond acceptors (Lipinski definition) is 4. The first-order valence-electron chi connectivity index (χ1n) is 10.1. The van der Waals surface area contributed by atoms with Gasteiger partial charge in [-0.2, -0.15) is 0 Å². The Labute approximate surface area is 162 Å². The number of ether oxygens (including phenoxy) is 1. The summed E-state index contributed by atoms with van der Waals surface area (Å²) in [5, 5.41) is 3.24. The van der Waals surface area contributed by atoms with E-state index in [1.54, 1.807) is 11.8 Å². The van der Waals surface area contributed by atoms with E-state index in [2.05, 4.69) is 10.2 Å². The number of carbonyl (C=O) groups excluding carboxylic acids is 1. The van der Waals surface area contributed by atoms with Crippen LogP contribution in [0.3, 0.4) is 0 Å². The van der Waals surface area contributed by atoms with Crippen LogP contribution in [0.15, 0.2) is 29.2 Å². The van der Waals surface area contributed by atoms with E-state index in [4.69, 9.17) is 4.74 Å². The van der Waals surface area contributed by atoms with Crippen molar-refractivity contribution in [1.29, 1.82) is 0 Å². The predicted octanol–water partition coefficient (Wildman–Crippen LogP) is 4.09. The lowest BCUT2D eigenvalue weighted by Crippen LogP contribution is -2.40. The van der Waals surface area contributed by atoms with Crippen LogP contribution in [0.1, 0.15) is 51.9 Å². The number of rotatable bonds is 7. The second-order valence-electron chi connectivity index (χ2n) is 7.39. The first-order valence-corrected chi connectivity index (χ1v) is 11.1. The average Bonchev–Trinajstić information content (AvgIpc) is 2.94. The fourth-order valence-corrected chi connectivity index (χ4v) is 4.79. The fourth-order valence-electron chi connectivity index (χ4n) is 4.08. The number of benzene rings is 1. The van der Waals surface area contributed by atoms with E-state index in [0.29, 0.717) is 18.4 Å². The van der Waals surface area contributed by atoms with E-state index in [0.717, 1.165) is 36.2 Å². The van der Waals surface area contributed by atoms with Crippen LogP contribution in [0.25, 0.3) is 0 Å². The molecule has 2 fully saturated rings. The van der Waals surface area contributed by atoms with Gasteiger partial charge in [-0.1, -0.05) is 25.7 Å². The second kappa shape index (κ2) is 10.2. The van der Waals surface area contributed by atoms with Crippen LogP contribution in [0, 0.1) is 0 Å². The number of nitrogens with one attached hydrogen (secondary N) is 1. The molecule has 1 aliphatic carbocycles. The molecule has 144 valence electrons. The van der Waals surface area contributed by atoms with Crippen LogP contribution >= 0.6 is 11.8 Å². The van der Waals surface area contributed by atoms with Crippen LogP contribution in [-0.4, -0.2) is 48.3 Å². The molecule has 1 saturated carbocycles. The Bertz CT molecular complexity index is 556. The monoisotopic (exact) mass is 376 g/mol.